The van der Waals surface area contributed by atoms with E-state index in [2.05, 4.69) is 32.6 Å². The molecule has 27 heavy (non-hydrogen) atoms. The van der Waals surface area contributed by atoms with Crippen molar-refractivity contribution >= 4 is 40.2 Å². The van der Waals surface area contributed by atoms with Crippen molar-refractivity contribution in [2.75, 3.05) is 13.6 Å². The van der Waals surface area contributed by atoms with Crippen molar-refractivity contribution in [3.63, 3.8) is 0 Å². The summed E-state index contributed by atoms with van der Waals surface area (Å²) in [5.74, 6) is -0.316. The number of carbonyl (C=O) groups is 2. The van der Waals surface area contributed by atoms with Crippen LogP contribution in [0, 0.1) is 6.92 Å². The minimum Gasteiger partial charge on any atom is -0.335 e. The zero-order valence-corrected chi connectivity index (χ0v) is 16.5. The van der Waals surface area contributed by atoms with E-state index in [1.165, 1.54) is 33.6 Å². The Bertz CT molecular complexity index is 900. The van der Waals surface area contributed by atoms with E-state index in [1.54, 1.807) is 7.05 Å². The van der Waals surface area contributed by atoms with Gasteiger partial charge in [0.05, 0.1) is 0 Å². The van der Waals surface area contributed by atoms with Gasteiger partial charge in [0.1, 0.15) is 5.01 Å². The number of nitrogens with zero attached hydrogens (tertiary/aromatic N) is 5. The van der Waals surface area contributed by atoms with Crippen LogP contribution in [0.25, 0.3) is 0 Å². The molecule has 1 fully saturated rings. The Morgan fingerprint density at radius 2 is 2.00 bits per heavy atom. The molecule has 2 aliphatic rings. The van der Waals surface area contributed by atoms with Crippen molar-refractivity contribution < 1.29 is 9.59 Å². The molecule has 8 nitrogen and oxygen atoms in total. The zero-order chi connectivity index (χ0) is 19.0. The second-order valence-electron chi connectivity index (χ2n) is 6.29. The lowest BCUT2D eigenvalue weighted by molar-refractivity contribution is -0.127. The molecular weight excluding hydrogens is 384 g/mol. The predicted octanol–water partition coefficient (Wildman–Crippen LogP) is 1.73. The lowest BCUT2D eigenvalue weighted by atomic mass is 10.1. The van der Waals surface area contributed by atoms with Gasteiger partial charge in [0.25, 0.3) is 5.91 Å². The van der Waals surface area contributed by atoms with Gasteiger partial charge in [-0.1, -0.05) is 41.7 Å². The number of hydrogen-bond donors (Lipinski definition) is 1. The van der Waals surface area contributed by atoms with Crippen molar-refractivity contribution in [1.29, 1.82) is 0 Å². The lowest BCUT2D eigenvalue weighted by Crippen LogP contribution is -2.63. The average molecular weight is 403 g/mol. The van der Waals surface area contributed by atoms with Crippen molar-refractivity contribution in [3.8, 4) is 0 Å². The van der Waals surface area contributed by atoms with E-state index in [1.807, 2.05) is 30.0 Å². The van der Waals surface area contributed by atoms with Gasteiger partial charge in [0.2, 0.25) is 0 Å². The van der Waals surface area contributed by atoms with Crippen molar-refractivity contribution in [2.45, 2.75) is 29.9 Å². The summed E-state index contributed by atoms with van der Waals surface area (Å²) < 4.78 is 0.768. The van der Waals surface area contributed by atoms with Gasteiger partial charge < -0.3 is 9.80 Å². The number of aliphatic imine (C=N–C) groups is 1. The van der Waals surface area contributed by atoms with Crippen LogP contribution in [-0.4, -0.2) is 62.9 Å². The first-order valence-corrected chi connectivity index (χ1v) is 10.1. The van der Waals surface area contributed by atoms with Gasteiger partial charge >= 0.3 is 6.03 Å². The highest BCUT2D eigenvalue weighted by Crippen LogP contribution is 2.33. The minimum absolute atomic E-state index is 0.316. The zero-order valence-electron chi connectivity index (χ0n) is 14.8. The number of aryl methyl sites for hydroxylation is 1. The third kappa shape index (κ3) is 3.54. The Balaban J connectivity index is 1.60. The quantitative estimate of drug-likeness (QED) is 0.838. The molecule has 2 aliphatic heterocycles. The maximum atomic E-state index is 12.5. The molecular formula is C17H18N6O2S2. The van der Waals surface area contributed by atoms with Gasteiger partial charge in [-0.25, -0.2) is 9.79 Å². The Hall–Kier alpha value is -2.46. The molecule has 0 spiro atoms. The summed E-state index contributed by atoms with van der Waals surface area (Å²) >= 11 is 2.87. The largest absolute Gasteiger partial charge is 0.335 e. The van der Waals surface area contributed by atoms with Crippen LogP contribution in [0.15, 0.2) is 39.7 Å². The Kier molecular flexibility index (Phi) is 4.83. The monoisotopic (exact) mass is 402 g/mol. The SMILES string of the molecule is Cc1nnc(SC2=NC3C(C(=O)NC(=O)N3C)N2CCc2ccccc2)s1. The number of amides is 3. The fourth-order valence-corrected chi connectivity index (χ4v) is 5.00. The molecule has 2 atom stereocenters. The van der Waals surface area contributed by atoms with Gasteiger partial charge in [0.15, 0.2) is 21.7 Å². The van der Waals surface area contributed by atoms with Gasteiger partial charge in [-0.15, -0.1) is 10.2 Å². The first-order chi connectivity index (χ1) is 13.0. The van der Waals surface area contributed by atoms with E-state index in [0.717, 1.165) is 15.8 Å². The Morgan fingerprint density at radius 3 is 2.70 bits per heavy atom. The van der Waals surface area contributed by atoms with Crippen LogP contribution in [0.4, 0.5) is 4.79 Å². The van der Waals surface area contributed by atoms with E-state index in [4.69, 9.17) is 0 Å². The van der Waals surface area contributed by atoms with E-state index in [0.29, 0.717) is 11.7 Å². The third-order valence-corrected chi connectivity index (χ3v) is 6.40. The molecule has 1 aromatic carbocycles. The molecule has 0 radical (unpaired) electrons. The summed E-state index contributed by atoms with van der Waals surface area (Å²) in [4.78, 5) is 32.6. The predicted molar refractivity (Wildman–Crippen MR) is 104 cm³/mol. The van der Waals surface area contributed by atoms with E-state index < -0.39 is 18.2 Å². The van der Waals surface area contributed by atoms with Crippen LogP contribution < -0.4 is 5.32 Å². The highest BCUT2D eigenvalue weighted by Gasteiger charge is 2.48. The van der Waals surface area contributed by atoms with Crippen molar-refractivity contribution in [3.05, 3.63) is 40.9 Å². The standard InChI is InChI=1S/C17H18N6O2S2/c1-10-20-21-17(26-10)27-16-18-13-12(14(24)19-15(25)22(13)2)23(16)9-8-11-6-4-3-5-7-11/h3-7,12-13H,8-9H2,1-2H3,(H,19,24,25). The van der Waals surface area contributed by atoms with Gasteiger partial charge in [-0.05, 0) is 30.7 Å². The number of hydrogen-bond acceptors (Lipinski definition) is 8. The number of benzene rings is 1. The number of urea groups is 1. The Labute approximate surface area is 164 Å². The summed E-state index contributed by atoms with van der Waals surface area (Å²) in [5.41, 5.74) is 1.18. The normalized spacial score (nSPS) is 21.9. The second kappa shape index (κ2) is 7.28. The number of carbonyl (C=O) groups excluding carboxylic acids is 2. The number of amidine groups is 1. The smallest absolute Gasteiger partial charge is 0.325 e. The number of imide groups is 1. The molecule has 2 unspecified atom stereocenters. The number of rotatable bonds is 4. The molecule has 3 amide bonds. The summed E-state index contributed by atoms with van der Waals surface area (Å²) in [6.07, 6.45) is 0.238. The summed E-state index contributed by atoms with van der Waals surface area (Å²) in [7, 11) is 1.65. The van der Waals surface area contributed by atoms with Crippen LogP contribution in [0.1, 0.15) is 10.6 Å². The maximum Gasteiger partial charge on any atom is 0.325 e. The van der Waals surface area contributed by atoms with Gasteiger partial charge in [0, 0.05) is 13.6 Å². The fourth-order valence-electron chi connectivity index (χ4n) is 3.11. The number of fused-ring (bicyclic) bond motifs is 1. The molecule has 10 heteroatoms. The number of likely N-dealkylation sites (N-methyl/N-ethyl adjacent to an activating group) is 1. The molecule has 1 aromatic heterocycles. The van der Waals surface area contributed by atoms with Crippen LogP contribution >= 0.6 is 23.1 Å². The second-order valence-corrected chi connectivity index (χ2v) is 8.69. The molecule has 4 rings (SSSR count). The summed E-state index contributed by atoms with van der Waals surface area (Å²) in [6, 6.07) is 9.12. The first kappa shape index (κ1) is 17.9. The van der Waals surface area contributed by atoms with Gasteiger partial charge in [-0.3, -0.25) is 10.1 Å². The number of nitrogens with one attached hydrogen (secondary N) is 1. The minimum atomic E-state index is -0.534. The average Bonchev–Trinajstić information content (AvgIpc) is 3.23. The molecule has 1 N–H and O–H groups in total. The third-order valence-electron chi connectivity index (χ3n) is 4.49. The molecule has 2 aromatic rings. The van der Waals surface area contributed by atoms with Crippen LogP contribution in [-0.2, 0) is 11.2 Å². The highest BCUT2D eigenvalue weighted by atomic mass is 32.2. The number of thioether (sulfide) groups is 1. The van der Waals surface area contributed by atoms with Crippen LogP contribution in [0.2, 0.25) is 0 Å². The molecule has 1 saturated heterocycles. The number of aromatic nitrogens is 2. The summed E-state index contributed by atoms with van der Waals surface area (Å²) in [6.45, 7) is 2.51. The van der Waals surface area contributed by atoms with Gasteiger partial charge in [-0.2, -0.15) is 0 Å². The first-order valence-electron chi connectivity index (χ1n) is 8.47. The van der Waals surface area contributed by atoms with Crippen molar-refractivity contribution in [1.82, 2.24) is 25.3 Å². The molecule has 3 heterocycles. The van der Waals surface area contributed by atoms with Crippen molar-refractivity contribution in [2.24, 2.45) is 4.99 Å². The van der Waals surface area contributed by atoms with E-state index in [9.17, 15) is 9.59 Å². The van der Waals surface area contributed by atoms with Crippen LogP contribution in [0.5, 0.6) is 0 Å². The summed E-state index contributed by atoms with van der Waals surface area (Å²) in [5, 5.41) is 12.2. The lowest BCUT2D eigenvalue weighted by Gasteiger charge is -2.36. The van der Waals surface area contributed by atoms with E-state index >= 15 is 0 Å². The Morgan fingerprint density at radius 1 is 1.22 bits per heavy atom. The molecule has 0 saturated carbocycles. The highest BCUT2D eigenvalue weighted by molar-refractivity contribution is 8.15. The maximum absolute atomic E-state index is 12.5. The molecule has 0 aliphatic carbocycles. The van der Waals surface area contributed by atoms with E-state index in [-0.39, 0.29) is 5.91 Å². The van der Waals surface area contributed by atoms with Crippen LogP contribution in [0.3, 0.4) is 0 Å². The fraction of sp³-hybridized carbons (Fsp3) is 0.353. The topological polar surface area (TPSA) is 90.8 Å². The molecule has 0 bridgehead atoms. The molecule has 140 valence electrons.